The molecule has 0 heterocycles. The first kappa shape index (κ1) is 8.90. The molecule has 0 atom stereocenters. The van der Waals surface area contributed by atoms with Gasteiger partial charge in [0.05, 0.1) is 0 Å². The zero-order chi connectivity index (χ0) is 8.59. The largest absolute Gasteiger partial charge is 0.207 e. The minimum absolute atomic E-state index is 0.0999. The predicted molar refractivity (Wildman–Crippen MR) is 48.5 cm³/mol. The molecule has 0 amide bonds. The smallest absolute Gasteiger partial charge is 0.132 e. The Hall–Kier alpha value is -0.190. The molecule has 0 aliphatic carbocycles. The lowest BCUT2D eigenvalue weighted by atomic mass is 10.1. The molecule has 60 valence electrons. The SMILES string of the molecule is Cc1c(F)cc(I)c(C)c1F. The molecule has 0 bridgehead atoms. The number of rotatable bonds is 0. The molecule has 0 aliphatic heterocycles. The van der Waals surface area contributed by atoms with Crippen LogP contribution >= 0.6 is 22.6 Å². The van der Waals surface area contributed by atoms with E-state index in [-0.39, 0.29) is 5.56 Å². The molecule has 0 aromatic heterocycles. The Morgan fingerprint density at radius 1 is 1.18 bits per heavy atom. The summed E-state index contributed by atoms with van der Waals surface area (Å²) in [5.74, 6) is -0.910. The Kier molecular flexibility index (Phi) is 2.47. The first-order valence-electron chi connectivity index (χ1n) is 3.14. The maximum atomic E-state index is 13.0. The van der Waals surface area contributed by atoms with Crippen LogP contribution in [0.4, 0.5) is 8.78 Å². The number of hydrogen-bond donors (Lipinski definition) is 0. The summed E-state index contributed by atoms with van der Waals surface area (Å²) >= 11 is 1.91. The lowest BCUT2D eigenvalue weighted by Crippen LogP contribution is -1.95. The van der Waals surface area contributed by atoms with Crippen molar-refractivity contribution in [3.63, 3.8) is 0 Å². The standard InChI is InChI=1S/C8H7F2I/c1-4-6(9)3-7(11)5(2)8(4)10/h3H,1-2H3. The number of benzene rings is 1. The highest BCUT2D eigenvalue weighted by Gasteiger charge is 2.09. The molecule has 1 aromatic carbocycles. The second-order valence-corrected chi connectivity index (χ2v) is 3.57. The Balaban J connectivity index is 3.46. The van der Waals surface area contributed by atoms with E-state index in [0.29, 0.717) is 9.13 Å². The van der Waals surface area contributed by atoms with Gasteiger partial charge in [-0.2, -0.15) is 0 Å². The summed E-state index contributed by atoms with van der Waals surface area (Å²) in [6, 6.07) is 1.34. The molecular weight excluding hydrogens is 261 g/mol. The van der Waals surface area contributed by atoms with Crippen LogP contribution in [0.2, 0.25) is 0 Å². The first-order chi connectivity index (χ1) is 5.04. The fourth-order valence-electron chi connectivity index (χ4n) is 0.819. The van der Waals surface area contributed by atoms with Gasteiger partial charge in [0.1, 0.15) is 11.6 Å². The molecule has 0 nitrogen and oxygen atoms in total. The quantitative estimate of drug-likeness (QED) is 0.634. The van der Waals surface area contributed by atoms with Crippen molar-refractivity contribution in [2.24, 2.45) is 0 Å². The van der Waals surface area contributed by atoms with Crippen molar-refractivity contribution >= 4 is 22.6 Å². The molecule has 1 aromatic rings. The van der Waals surface area contributed by atoms with E-state index >= 15 is 0 Å². The van der Waals surface area contributed by atoms with Crippen molar-refractivity contribution in [1.29, 1.82) is 0 Å². The topological polar surface area (TPSA) is 0 Å². The molecule has 0 spiro atoms. The van der Waals surface area contributed by atoms with Crippen LogP contribution < -0.4 is 0 Å². The van der Waals surface area contributed by atoms with Gasteiger partial charge in [0.2, 0.25) is 0 Å². The van der Waals surface area contributed by atoms with Gasteiger partial charge in [-0.15, -0.1) is 0 Å². The Labute approximate surface area is 77.8 Å². The molecular formula is C8H7F2I. The third-order valence-corrected chi connectivity index (χ3v) is 2.75. The molecule has 0 fully saturated rings. The van der Waals surface area contributed by atoms with Crippen LogP contribution in [-0.4, -0.2) is 0 Å². The Morgan fingerprint density at radius 3 is 2.27 bits per heavy atom. The molecule has 3 heteroatoms. The molecule has 0 saturated carbocycles. The van der Waals surface area contributed by atoms with Crippen LogP contribution in [0.3, 0.4) is 0 Å². The second-order valence-electron chi connectivity index (χ2n) is 2.40. The van der Waals surface area contributed by atoms with Crippen LogP contribution in [0.1, 0.15) is 11.1 Å². The summed E-state index contributed by atoms with van der Waals surface area (Å²) in [6.07, 6.45) is 0. The molecule has 0 N–H and O–H groups in total. The summed E-state index contributed by atoms with van der Waals surface area (Å²) in [5, 5.41) is 0. The molecule has 0 radical (unpaired) electrons. The lowest BCUT2D eigenvalue weighted by molar-refractivity contribution is 0.560. The van der Waals surface area contributed by atoms with Crippen molar-refractivity contribution < 1.29 is 8.78 Å². The number of hydrogen-bond acceptors (Lipinski definition) is 0. The van der Waals surface area contributed by atoms with Crippen molar-refractivity contribution in [3.8, 4) is 0 Å². The minimum atomic E-state index is -0.475. The van der Waals surface area contributed by atoms with Gasteiger partial charge < -0.3 is 0 Å². The maximum absolute atomic E-state index is 13.0. The summed E-state index contributed by atoms with van der Waals surface area (Å²) in [4.78, 5) is 0. The van der Waals surface area contributed by atoms with Gasteiger partial charge in [-0.3, -0.25) is 0 Å². The van der Waals surface area contributed by atoms with Crippen LogP contribution in [0.25, 0.3) is 0 Å². The van der Waals surface area contributed by atoms with E-state index in [0.717, 1.165) is 0 Å². The molecule has 11 heavy (non-hydrogen) atoms. The van der Waals surface area contributed by atoms with Crippen LogP contribution in [-0.2, 0) is 0 Å². The first-order valence-corrected chi connectivity index (χ1v) is 4.22. The van der Waals surface area contributed by atoms with Crippen molar-refractivity contribution in [3.05, 3.63) is 32.4 Å². The molecule has 0 saturated heterocycles. The van der Waals surface area contributed by atoms with Gasteiger partial charge in [0.15, 0.2) is 0 Å². The minimum Gasteiger partial charge on any atom is -0.207 e. The van der Waals surface area contributed by atoms with E-state index in [9.17, 15) is 8.78 Å². The lowest BCUT2D eigenvalue weighted by Gasteiger charge is -2.03. The van der Waals surface area contributed by atoms with E-state index < -0.39 is 11.6 Å². The third-order valence-electron chi connectivity index (χ3n) is 1.63. The van der Waals surface area contributed by atoms with Gasteiger partial charge in [0, 0.05) is 9.13 Å². The summed E-state index contributed by atoms with van der Waals surface area (Å²) in [7, 11) is 0. The van der Waals surface area contributed by atoms with E-state index in [4.69, 9.17) is 0 Å². The van der Waals surface area contributed by atoms with E-state index in [2.05, 4.69) is 0 Å². The normalized spacial score (nSPS) is 10.3. The maximum Gasteiger partial charge on any atom is 0.132 e. The van der Waals surface area contributed by atoms with Crippen molar-refractivity contribution in [2.45, 2.75) is 13.8 Å². The summed E-state index contributed by atoms with van der Waals surface area (Å²) in [6.45, 7) is 3.08. The van der Waals surface area contributed by atoms with Gasteiger partial charge in [-0.1, -0.05) is 0 Å². The third kappa shape index (κ3) is 1.52. The van der Waals surface area contributed by atoms with Crippen LogP contribution in [0.15, 0.2) is 6.07 Å². The van der Waals surface area contributed by atoms with Crippen molar-refractivity contribution in [2.75, 3.05) is 0 Å². The monoisotopic (exact) mass is 268 g/mol. The van der Waals surface area contributed by atoms with E-state index in [1.165, 1.54) is 13.0 Å². The second kappa shape index (κ2) is 3.05. The van der Waals surface area contributed by atoms with Gasteiger partial charge >= 0.3 is 0 Å². The fraction of sp³-hybridized carbons (Fsp3) is 0.250. The van der Waals surface area contributed by atoms with Gasteiger partial charge in [-0.25, -0.2) is 8.78 Å². The zero-order valence-corrected chi connectivity index (χ0v) is 8.37. The van der Waals surface area contributed by atoms with Crippen LogP contribution in [0.5, 0.6) is 0 Å². The average molecular weight is 268 g/mol. The van der Waals surface area contributed by atoms with E-state index in [1.54, 1.807) is 6.92 Å². The Bertz CT molecular complexity index is 268. The highest BCUT2D eigenvalue weighted by atomic mass is 127. The molecule has 1 rings (SSSR count). The van der Waals surface area contributed by atoms with Crippen molar-refractivity contribution in [1.82, 2.24) is 0 Å². The van der Waals surface area contributed by atoms with E-state index in [1.807, 2.05) is 22.6 Å². The summed E-state index contributed by atoms with van der Waals surface area (Å²) < 4.78 is 26.4. The summed E-state index contributed by atoms with van der Waals surface area (Å²) in [5.41, 5.74) is 0.618. The predicted octanol–water partition coefficient (Wildman–Crippen LogP) is 3.19. The number of halogens is 3. The molecule has 0 aliphatic rings. The van der Waals surface area contributed by atoms with Gasteiger partial charge in [-0.05, 0) is 48.1 Å². The molecule has 0 unspecified atom stereocenters. The highest BCUT2D eigenvalue weighted by Crippen LogP contribution is 2.20. The Morgan fingerprint density at radius 2 is 1.73 bits per heavy atom. The average Bonchev–Trinajstić information content (AvgIpc) is 1.97. The van der Waals surface area contributed by atoms with Crippen LogP contribution in [0, 0.1) is 29.1 Å². The highest BCUT2D eigenvalue weighted by molar-refractivity contribution is 14.1. The fourth-order valence-corrected chi connectivity index (χ4v) is 1.33. The van der Waals surface area contributed by atoms with Gasteiger partial charge in [0.25, 0.3) is 0 Å². The zero-order valence-electron chi connectivity index (χ0n) is 6.21.